The summed E-state index contributed by atoms with van der Waals surface area (Å²) in [7, 11) is 1.95. The van der Waals surface area contributed by atoms with E-state index >= 15 is 0 Å². The number of halogens is 3. The molecule has 0 fully saturated rings. The van der Waals surface area contributed by atoms with Gasteiger partial charge < -0.3 is 20.1 Å². The van der Waals surface area contributed by atoms with Crippen molar-refractivity contribution in [1.29, 1.82) is 0 Å². The molecule has 0 saturated heterocycles. The number of nitrogens with zero attached hydrogens (tertiary/aromatic N) is 2. The lowest BCUT2D eigenvalue weighted by Gasteiger charge is -2.10. The van der Waals surface area contributed by atoms with E-state index in [1.165, 1.54) is 0 Å². The molecule has 1 aromatic heterocycles. The maximum Gasteiger partial charge on any atom is 0.414 e. The van der Waals surface area contributed by atoms with Crippen molar-refractivity contribution in [3.63, 3.8) is 0 Å². The monoisotopic (exact) mass is 455 g/mol. The number of aromatic nitrogens is 2. The largest absolute Gasteiger partial charge is 0.473 e. The first-order valence-electron chi connectivity index (χ1n) is 8.11. The van der Waals surface area contributed by atoms with E-state index in [0.29, 0.717) is 21.6 Å². The molecule has 0 radical (unpaired) electrons. The Bertz CT molecular complexity index is 988. The molecule has 7 nitrogen and oxygen atoms in total. The van der Waals surface area contributed by atoms with Crippen molar-refractivity contribution in [2.45, 2.75) is 6.54 Å². The molecule has 0 spiro atoms. The van der Waals surface area contributed by atoms with E-state index in [0.717, 1.165) is 22.8 Å². The molecule has 0 atom stereocenters. The van der Waals surface area contributed by atoms with Gasteiger partial charge in [0.25, 0.3) is 0 Å². The third-order valence-corrected chi connectivity index (χ3v) is 4.76. The Morgan fingerprint density at radius 2 is 1.55 bits per heavy atom. The van der Waals surface area contributed by atoms with Gasteiger partial charge in [-0.2, -0.15) is 0 Å². The lowest BCUT2D eigenvalue weighted by molar-refractivity contribution is -0.159. The van der Waals surface area contributed by atoms with Crippen molar-refractivity contribution in [2.24, 2.45) is 7.05 Å². The van der Waals surface area contributed by atoms with E-state index in [2.05, 4.69) is 10.3 Å². The van der Waals surface area contributed by atoms with Gasteiger partial charge in [-0.05, 0) is 29.8 Å². The zero-order valence-corrected chi connectivity index (χ0v) is 17.3. The average Bonchev–Trinajstić information content (AvgIpc) is 3.03. The molecule has 29 heavy (non-hydrogen) atoms. The summed E-state index contributed by atoms with van der Waals surface area (Å²) >= 11 is 18.3. The van der Waals surface area contributed by atoms with Gasteiger partial charge in [0, 0.05) is 34.2 Å². The van der Waals surface area contributed by atoms with Crippen LogP contribution in [0.2, 0.25) is 15.1 Å². The molecule has 0 saturated carbocycles. The highest BCUT2D eigenvalue weighted by molar-refractivity contribution is 6.36. The van der Waals surface area contributed by atoms with E-state index in [1.54, 1.807) is 0 Å². The lowest BCUT2D eigenvalue weighted by Crippen LogP contribution is -2.09. The quantitative estimate of drug-likeness (QED) is 0.486. The molecule has 3 rings (SSSR count). The van der Waals surface area contributed by atoms with Crippen LogP contribution in [0.25, 0.3) is 11.3 Å². The minimum Gasteiger partial charge on any atom is -0.473 e. The van der Waals surface area contributed by atoms with Gasteiger partial charge in [-0.1, -0.05) is 53.0 Å². The Morgan fingerprint density at radius 3 is 2.07 bits per heavy atom. The van der Waals surface area contributed by atoms with E-state index < -0.39 is 11.9 Å². The molecular weight excluding hydrogens is 441 g/mol. The van der Waals surface area contributed by atoms with Crippen molar-refractivity contribution >= 4 is 52.7 Å². The Kier molecular flexibility index (Phi) is 7.90. The van der Waals surface area contributed by atoms with Gasteiger partial charge in [0.1, 0.15) is 0 Å². The minimum atomic E-state index is -1.82. The molecule has 152 valence electrons. The van der Waals surface area contributed by atoms with Crippen molar-refractivity contribution in [2.75, 3.05) is 5.32 Å². The number of rotatable bonds is 4. The molecule has 3 aromatic rings. The maximum atomic E-state index is 9.10. The number of hydrogen-bond acceptors (Lipinski definition) is 4. The van der Waals surface area contributed by atoms with Crippen molar-refractivity contribution in [1.82, 2.24) is 9.55 Å². The smallest absolute Gasteiger partial charge is 0.414 e. The number of nitrogens with one attached hydrogen (secondary N) is 1. The molecule has 10 heteroatoms. The number of anilines is 1. The van der Waals surface area contributed by atoms with Gasteiger partial charge in [0.05, 0.1) is 11.9 Å². The predicted octanol–water partition coefficient (Wildman–Crippen LogP) is 4.82. The van der Waals surface area contributed by atoms with E-state index in [1.807, 2.05) is 60.3 Å². The van der Waals surface area contributed by atoms with Crippen LogP contribution in [0.1, 0.15) is 5.56 Å². The average molecular weight is 457 g/mol. The fourth-order valence-electron chi connectivity index (χ4n) is 2.33. The third-order valence-electron chi connectivity index (χ3n) is 3.80. The van der Waals surface area contributed by atoms with Gasteiger partial charge in [0.15, 0.2) is 0 Å². The SMILES string of the molecule is Cn1c(-c2ccc(Cl)cc2)cnc1NCc1c(Cl)cccc1Cl.O=C(O)C(=O)O. The van der Waals surface area contributed by atoms with Gasteiger partial charge in [-0.3, -0.25) is 0 Å². The van der Waals surface area contributed by atoms with Crippen LogP contribution >= 0.6 is 34.8 Å². The second kappa shape index (κ2) is 10.2. The fraction of sp³-hybridized carbons (Fsp3) is 0.105. The minimum absolute atomic E-state index is 0.503. The van der Waals surface area contributed by atoms with Gasteiger partial charge in [-0.25, -0.2) is 14.6 Å². The summed E-state index contributed by atoms with van der Waals surface area (Å²) in [6.07, 6.45) is 1.82. The standard InChI is InChI=1S/C17H14Cl3N3.C2H2O4/c1-23-16(11-5-7-12(18)8-6-11)10-22-17(23)21-9-13-14(19)3-2-4-15(13)20;3-1(4)2(5)6/h2-8,10H,9H2,1H3,(H,21,22);(H,3,4)(H,5,6). The Hall–Kier alpha value is -2.74. The van der Waals surface area contributed by atoms with Crippen LogP contribution in [0.4, 0.5) is 5.95 Å². The second-order valence-electron chi connectivity index (χ2n) is 5.70. The summed E-state index contributed by atoms with van der Waals surface area (Å²) in [6, 6.07) is 13.1. The van der Waals surface area contributed by atoms with Crippen LogP contribution in [-0.4, -0.2) is 31.7 Å². The number of carboxylic acids is 2. The topological polar surface area (TPSA) is 104 Å². The van der Waals surface area contributed by atoms with E-state index in [4.69, 9.17) is 54.6 Å². The van der Waals surface area contributed by atoms with Crippen LogP contribution < -0.4 is 5.32 Å². The van der Waals surface area contributed by atoms with Crippen molar-refractivity contribution < 1.29 is 19.8 Å². The summed E-state index contributed by atoms with van der Waals surface area (Å²) in [5.41, 5.74) is 2.90. The predicted molar refractivity (Wildman–Crippen MR) is 113 cm³/mol. The molecule has 0 aliphatic heterocycles. The molecule has 1 heterocycles. The number of aliphatic carboxylic acids is 2. The molecule has 0 aliphatic carbocycles. The molecule has 0 unspecified atom stereocenters. The lowest BCUT2D eigenvalue weighted by atomic mass is 10.2. The highest BCUT2D eigenvalue weighted by Crippen LogP contribution is 2.27. The highest BCUT2D eigenvalue weighted by Gasteiger charge is 2.10. The first kappa shape index (κ1) is 22.5. The van der Waals surface area contributed by atoms with Gasteiger partial charge in [0.2, 0.25) is 5.95 Å². The Labute approximate surface area is 181 Å². The number of imidazole rings is 1. The fourth-order valence-corrected chi connectivity index (χ4v) is 2.99. The zero-order valence-electron chi connectivity index (χ0n) is 15.1. The first-order valence-corrected chi connectivity index (χ1v) is 9.24. The van der Waals surface area contributed by atoms with Crippen LogP contribution in [0.3, 0.4) is 0 Å². The molecule has 0 amide bonds. The summed E-state index contributed by atoms with van der Waals surface area (Å²) in [4.78, 5) is 22.6. The van der Waals surface area contributed by atoms with Crippen LogP contribution in [0.15, 0.2) is 48.7 Å². The van der Waals surface area contributed by atoms with Crippen LogP contribution in [0, 0.1) is 0 Å². The zero-order chi connectivity index (χ0) is 21.6. The second-order valence-corrected chi connectivity index (χ2v) is 6.95. The van der Waals surface area contributed by atoms with Gasteiger partial charge >= 0.3 is 11.9 Å². The maximum absolute atomic E-state index is 9.10. The Balaban J connectivity index is 0.000000438. The molecular formula is C19H16Cl3N3O4. The van der Waals surface area contributed by atoms with E-state index in [9.17, 15) is 0 Å². The van der Waals surface area contributed by atoms with Gasteiger partial charge in [-0.15, -0.1) is 0 Å². The summed E-state index contributed by atoms with van der Waals surface area (Å²) in [6.45, 7) is 0.503. The number of carbonyl (C=O) groups is 2. The van der Waals surface area contributed by atoms with E-state index in [-0.39, 0.29) is 0 Å². The molecule has 3 N–H and O–H groups in total. The molecule has 0 bridgehead atoms. The van der Waals surface area contributed by atoms with Crippen LogP contribution in [0.5, 0.6) is 0 Å². The van der Waals surface area contributed by atoms with Crippen molar-refractivity contribution in [3.05, 3.63) is 69.3 Å². The summed E-state index contributed by atoms with van der Waals surface area (Å²) in [5.74, 6) is -2.91. The third kappa shape index (κ3) is 6.12. The highest BCUT2D eigenvalue weighted by atomic mass is 35.5. The summed E-state index contributed by atoms with van der Waals surface area (Å²) in [5, 5.41) is 20.0. The Morgan fingerprint density at radius 1 is 1.00 bits per heavy atom. The molecule has 2 aromatic carbocycles. The molecule has 0 aliphatic rings. The van der Waals surface area contributed by atoms with Crippen LogP contribution in [-0.2, 0) is 23.2 Å². The number of benzene rings is 2. The van der Waals surface area contributed by atoms with Crippen molar-refractivity contribution in [3.8, 4) is 11.3 Å². The normalized spacial score (nSPS) is 10.1. The number of hydrogen-bond donors (Lipinski definition) is 3. The summed E-state index contributed by atoms with van der Waals surface area (Å²) < 4.78 is 1.98. The first-order chi connectivity index (χ1) is 13.7. The number of carboxylic acid groups (broad SMARTS) is 2.